The van der Waals surface area contributed by atoms with Crippen LogP contribution in [0.2, 0.25) is 10.0 Å². The fourth-order valence-electron chi connectivity index (χ4n) is 4.02. The molecule has 0 unspecified atom stereocenters. The van der Waals surface area contributed by atoms with E-state index in [1.165, 1.54) is 30.3 Å². The normalized spacial score (nSPS) is 14.3. The topological polar surface area (TPSA) is 84.9 Å². The van der Waals surface area contributed by atoms with Crippen molar-refractivity contribution in [2.75, 3.05) is 4.90 Å². The van der Waals surface area contributed by atoms with Gasteiger partial charge >= 0.3 is 6.03 Å². The maximum atomic E-state index is 14.1. The molecule has 0 saturated carbocycles. The number of halogens is 3. The highest BCUT2D eigenvalue weighted by atomic mass is 35.5. The van der Waals surface area contributed by atoms with Gasteiger partial charge in [-0.15, -0.1) is 0 Å². The smallest absolute Gasteiger partial charge is 0.335 e. The highest BCUT2D eigenvalue weighted by Gasteiger charge is 2.37. The maximum Gasteiger partial charge on any atom is 0.335 e. The van der Waals surface area contributed by atoms with Crippen molar-refractivity contribution in [1.82, 2.24) is 5.32 Å². The lowest BCUT2D eigenvalue weighted by Gasteiger charge is -2.26. The Labute approximate surface area is 244 Å². The number of hydrogen-bond donors (Lipinski definition) is 1. The van der Waals surface area contributed by atoms with Crippen LogP contribution in [0, 0.1) is 5.82 Å². The van der Waals surface area contributed by atoms with Gasteiger partial charge in [-0.05, 0) is 72.3 Å². The van der Waals surface area contributed by atoms with Gasteiger partial charge in [0.15, 0.2) is 0 Å². The van der Waals surface area contributed by atoms with Crippen molar-refractivity contribution in [3.05, 3.63) is 129 Å². The molecular weight excluding hydrogens is 570 g/mol. The van der Waals surface area contributed by atoms with E-state index in [9.17, 15) is 18.8 Å². The van der Waals surface area contributed by atoms with Gasteiger partial charge in [0.25, 0.3) is 11.8 Å². The summed E-state index contributed by atoms with van der Waals surface area (Å²) < 4.78 is 25.6. The van der Waals surface area contributed by atoms with E-state index in [0.717, 1.165) is 10.5 Å². The average molecular weight is 591 g/mol. The van der Waals surface area contributed by atoms with Crippen molar-refractivity contribution < 1.29 is 28.2 Å². The van der Waals surface area contributed by atoms with Gasteiger partial charge in [-0.2, -0.15) is 0 Å². The molecule has 4 aromatic carbocycles. The van der Waals surface area contributed by atoms with Crippen molar-refractivity contribution in [2.45, 2.75) is 13.2 Å². The second-order valence-corrected chi connectivity index (χ2v) is 9.80. The number of nitrogens with zero attached hydrogens (tertiary/aromatic N) is 1. The molecule has 5 rings (SSSR count). The molecule has 1 N–H and O–H groups in total. The number of nitrogens with one attached hydrogen (secondary N) is 1. The number of anilines is 1. The Kier molecular flexibility index (Phi) is 8.33. The molecule has 0 bridgehead atoms. The van der Waals surface area contributed by atoms with Crippen LogP contribution in [0.15, 0.2) is 96.6 Å². The van der Waals surface area contributed by atoms with Gasteiger partial charge in [-0.1, -0.05) is 53.5 Å². The van der Waals surface area contributed by atoms with Crippen LogP contribution < -0.4 is 19.7 Å². The van der Waals surface area contributed by atoms with E-state index in [4.69, 9.17) is 32.7 Å². The molecule has 1 saturated heterocycles. The fraction of sp³-hybridized carbons (Fsp3) is 0.0645. The predicted octanol–water partition coefficient (Wildman–Crippen LogP) is 6.96. The quantitative estimate of drug-likeness (QED) is 0.177. The molecule has 0 atom stereocenters. The van der Waals surface area contributed by atoms with Crippen molar-refractivity contribution in [2.24, 2.45) is 0 Å². The summed E-state index contributed by atoms with van der Waals surface area (Å²) in [6, 6.07) is 23.4. The number of carbonyl (C=O) groups excluding carboxylic acids is 3. The van der Waals surface area contributed by atoms with Crippen LogP contribution in [0.3, 0.4) is 0 Å². The Bertz CT molecular complexity index is 1660. The first-order valence-electron chi connectivity index (χ1n) is 12.3. The average Bonchev–Trinajstić information content (AvgIpc) is 2.96. The highest BCUT2D eigenvalue weighted by molar-refractivity contribution is 6.39. The van der Waals surface area contributed by atoms with Gasteiger partial charge in [0.2, 0.25) is 0 Å². The summed E-state index contributed by atoms with van der Waals surface area (Å²) in [6.45, 7) is 0.198. The summed E-state index contributed by atoms with van der Waals surface area (Å²) in [5.41, 5.74) is 1.45. The summed E-state index contributed by atoms with van der Waals surface area (Å²) in [7, 11) is 0. The van der Waals surface area contributed by atoms with Gasteiger partial charge in [0.05, 0.1) is 5.69 Å². The Morgan fingerprint density at radius 2 is 1.51 bits per heavy atom. The molecule has 4 aromatic rings. The first-order valence-corrected chi connectivity index (χ1v) is 13.1. The lowest BCUT2D eigenvalue weighted by Crippen LogP contribution is -2.54. The summed E-state index contributed by atoms with van der Waals surface area (Å²) in [5.74, 6) is -1.38. The summed E-state index contributed by atoms with van der Waals surface area (Å²) in [4.78, 5) is 39.6. The Morgan fingerprint density at radius 1 is 0.805 bits per heavy atom. The zero-order valence-corrected chi connectivity index (χ0v) is 22.8. The molecule has 4 amide bonds. The third-order valence-electron chi connectivity index (χ3n) is 6.13. The third kappa shape index (κ3) is 6.57. The van der Waals surface area contributed by atoms with Crippen LogP contribution in [-0.2, 0) is 22.8 Å². The van der Waals surface area contributed by atoms with E-state index in [1.54, 1.807) is 54.6 Å². The minimum absolute atomic E-state index is 0.0956. The van der Waals surface area contributed by atoms with Gasteiger partial charge in [-0.25, -0.2) is 14.1 Å². The van der Waals surface area contributed by atoms with Gasteiger partial charge < -0.3 is 9.47 Å². The molecule has 7 nitrogen and oxygen atoms in total. The van der Waals surface area contributed by atoms with Crippen LogP contribution in [0.5, 0.6) is 11.5 Å². The standard InChI is InChI=1S/C31H21Cl2FN2O5/c32-22-7-5-19(6-8-22)17-40-25-12-10-24(11-13-25)36-30(38)26(29(37)35-31(36)39)16-21-15-23(33)9-14-28(21)41-18-20-3-1-2-4-27(20)34/h1-16H,17-18H2,(H,35,37,39)/b26-16+. The zero-order valence-electron chi connectivity index (χ0n) is 21.3. The van der Waals surface area contributed by atoms with Crippen LogP contribution in [0.4, 0.5) is 14.9 Å². The molecule has 1 heterocycles. The molecular formula is C31H21Cl2FN2O5. The Morgan fingerprint density at radius 3 is 2.24 bits per heavy atom. The monoisotopic (exact) mass is 590 g/mol. The lowest BCUT2D eigenvalue weighted by molar-refractivity contribution is -0.122. The molecule has 0 radical (unpaired) electrons. The van der Waals surface area contributed by atoms with E-state index in [1.807, 2.05) is 12.1 Å². The van der Waals surface area contributed by atoms with E-state index < -0.39 is 23.7 Å². The number of ether oxygens (including phenoxy) is 2. The Hall–Kier alpha value is -4.66. The maximum absolute atomic E-state index is 14.1. The summed E-state index contributed by atoms with van der Waals surface area (Å²) >= 11 is 12.1. The summed E-state index contributed by atoms with van der Waals surface area (Å²) in [5, 5.41) is 3.13. The van der Waals surface area contributed by atoms with E-state index in [0.29, 0.717) is 33.5 Å². The van der Waals surface area contributed by atoms with E-state index in [2.05, 4.69) is 5.32 Å². The molecule has 41 heavy (non-hydrogen) atoms. The van der Waals surface area contributed by atoms with Gasteiger partial charge in [0, 0.05) is 21.2 Å². The van der Waals surface area contributed by atoms with Crippen molar-refractivity contribution in [1.29, 1.82) is 0 Å². The minimum Gasteiger partial charge on any atom is -0.489 e. The van der Waals surface area contributed by atoms with Crippen LogP contribution in [0.25, 0.3) is 6.08 Å². The van der Waals surface area contributed by atoms with E-state index in [-0.39, 0.29) is 23.6 Å². The lowest BCUT2D eigenvalue weighted by atomic mass is 10.1. The minimum atomic E-state index is -0.894. The Balaban J connectivity index is 1.36. The largest absolute Gasteiger partial charge is 0.489 e. The number of amides is 4. The van der Waals surface area contributed by atoms with Crippen molar-refractivity contribution in [3.8, 4) is 11.5 Å². The number of hydrogen-bond acceptors (Lipinski definition) is 5. The fourth-order valence-corrected chi connectivity index (χ4v) is 4.33. The van der Waals surface area contributed by atoms with Crippen molar-refractivity contribution >= 4 is 52.8 Å². The first-order chi connectivity index (χ1) is 19.8. The molecule has 1 aliphatic heterocycles. The number of carbonyl (C=O) groups is 3. The summed E-state index contributed by atoms with van der Waals surface area (Å²) in [6.07, 6.45) is 1.28. The molecule has 1 aliphatic rings. The van der Waals surface area contributed by atoms with Crippen LogP contribution in [-0.4, -0.2) is 17.8 Å². The number of imide groups is 2. The number of urea groups is 1. The zero-order chi connectivity index (χ0) is 28.9. The van der Waals surface area contributed by atoms with Gasteiger partial charge in [0.1, 0.15) is 36.1 Å². The molecule has 1 fully saturated rings. The van der Waals surface area contributed by atoms with E-state index >= 15 is 0 Å². The molecule has 10 heteroatoms. The molecule has 0 spiro atoms. The molecule has 0 aliphatic carbocycles. The predicted molar refractivity (Wildman–Crippen MR) is 153 cm³/mol. The first kappa shape index (κ1) is 27.9. The van der Waals surface area contributed by atoms with Crippen molar-refractivity contribution in [3.63, 3.8) is 0 Å². The second-order valence-electron chi connectivity index (χ2n) is 8.93. The SMILES string of the molecule is O=C1NC(=O)N(c2ccc(OCc3ccc(Cl)cc3)cc2)C(=O)/C1=C/c1cc(Cl)ccc1OCc1ccccc1F. The van der Waals surface area contributed by atoms with Gasteiger partial charge in [-0.3, -0.25) is 14.9 Å². The number of barbiturate groups is 1. The van der Waals surface area contributed by atoms with Crippen LogP contribution >= 0.6 is 23.2 Å². The number of benzene rings is 4. The molecule has 206 valence electrons. The highest BCUT2D eigenvalue weighted by Crippen LogP contribution is 2.29. The number of rotatable bonds is 8. The third-order valence-corrected chi connectivity index (χ3v) is 6.62. The second kappa shape index (κ2) is 12.2. The van der Waals surface area contributed by atoms with Crippen LogP contribution in [0.1, 0.15) is 16.7 Å². The molecule has 0 aromatic heterocycles.